The van der Waals surface area contributed by atoms with Crippen LogP contribution >= 0.6 is 0 Å². The summed E-state index contributed by atoms with van der Waals surface area (Å²) in [4.78, 5) is 2.40. The molecule has 1 atom stereocenters. The number of β-amino-alcohol motifs (C(OH)–C–C–N with tert-alkyl or cyclic N) is 1. The molecule has 120 valence electrons. The van der Waals surface area contributed by atoms with Gasteiger partial charge in [-0.05, 0) is 50.9 Å². The van der Waals surface area contributed by atoms with Crippen LogP contribution in [0.3, 0.4) is 0 Å². The molecular weight excluding hydrogens is 250 g/mol. The zero-order valence-electron chi connectivity index (χ0n) is 13.9. The fourth-order valence-corrected chi connectivity index (χ4v) is 2.58. The van der Waals surface area contributed by atoms with Crippen LogP contribution in [0, 0.1) is 11.8 Å². The Morgan fingerprint density at radius 1 is 0.900 bits per heavy atom. The maximum Gasteiger partial charge on any atom is 0.0951 e. The average molecular weight is 285 g/mol. The molecule has 0 bridgehead atoms. The third-order valence-corrected chi connectivity index (χ3v) is 3.77. The predicted octanol–water partition coefficient (Wildman–Crippen LogP) is 1.65. The Labute approximate surface area is 125 Å². The summed E-state index contributed by atoms with van der Waals surface area (Å²) in [6, 6.07) is 0. The highest BCUT2D eigenvalue weighted by molar-refractivity contribution is 4.79. The van der Waals surface area contributed by atoms with Gasteiger partial charge in [0.25, 0.3) is 0 Å². The standard InChI is InChI=1S/C16H35N3O/c1-13(2)10-17-16(18-11-14(3)4)15(20)12-19-8-6-5-7-9-19/h13-18,20H,5-12H2,1-4H3. The Morgan fingerprint density at radius 2 is 1.40 bits per heavy atom. The lowest BCUT2D eigenvalue weighted by atomic mass is 10.1. The minimum absolute atomic E-state index is 0.00160. The fourth-order valence-electron chi connectivity index (χ4n) is 2.58. The Balaban J connectivity index is 2.41. The zero-order valence-corrected chi connectivity index (χ0v) is 13.9. The lowest BCUT2D eigenvalue weighted by molar-refractivity contribution is 0.0584. The number of nitrogens with one attached hydrogen (secondary N) is 2. The smallest absolute Gasteiger partial charge is 0.0951 e. The number of nitrogens with zero attached hydrogens (tertiary/aromatic N) is 1. The molecule has 4 nitrogen and oxygen atoms in total. The second-order valence-electron chi connectivity index (χ2n) is 7.01. The molecule has 0 aromatic carbocycles. The molecule has 1 heterocycles. The second kappa shape index (κ2) is 9.72. The maximum atomic E-state index is 10.5. The number of likely N-dealkylation sites (tertiary alicyclic amines) is 1. The van der Waals surface area contributed by atoms with E-state index in [-0.39, 0.29) is 12.3 Å². The van der Waals surface area contributed by atoms with Crippen LogP contribution in [-0.2, 0) is 0 Å². The van der Waals surface area contributed by atoms with Gasteiger partial charge >= 0.3 is 0 Å². The van der Waals surface area contributed by atoms with Crippen molar-refractivity contribution in [3.8, 4) is 0 Å². The SMILES string of the molecule is CC(C)CNC(NCC(C)C)C(O)CN1CCCCC1. The fraction of sp³-hybridized carbons (Fsp3) is 1.00. The summed E-state index contributed by atoms with van der Waals surface area (Å²) in [6.07, 6.45) is 3.55. The quantitative estimate of drug-likeness (QED) is 0.564. The number of aliphatic hydroxyl groups excluding tert-OH is 1. The summed E-state index contributed by atoms with van der Waals surface area (Å²) in [6.45, 7) is 13.7. The number of hydrogen-bond donors (Lipinski definition) is 3. The molecule has 1 rings (SSSR count). The Bertz CT molecular complexity index is 228. The van der Waals surface area contributed by atoms with Crippen molar-refractivity contribution in [3.63, 3.8) is 0 Å². The molecule has 1 aliphatic heterocycles. The molecule has 20 heavy (non-hydrogen) atoms. The van der Waals surface area contributed by atoms with Gasteiger partial charge in [-0.2, -0.15) is 0 Å². The van der Waals surface area contributed by atoms with Crippen LogP contribution < -0.4 is 10.6 Å². The van der Waals surface area contributed by atoms with E-state index in [9.17, 15) is 5.11 Å². The molecule has 0 aromatic heterocycles. The Morgan fingerprint density at radius 3 is 1.85 bits per heavy atom. The molecule has 0 amide bonds. The summed E-state index contributed by atoms with van der Waals surface area (Å²) in [5.74, 6) is 1.20. The van der Waals surface area contributed by atoms with E-state index in [4.69, 9.17) is 0 Å². The van der Waals surface area contributed by atoms with E-state index >= 15 is 0 Å². The van der Waals surface area contributed by atoms with Gasteiger partial charge in [0.05, 0.1) is 12.3 Å². The van der Waals surface area contributed by atoms with Crippen molar-refractivity contribution in [2.45, 2.75) is 59.2 Å². The van der Waals surface area contributed by atoms with E-state index in [1.807, 2.05) is 0 Å². The van der Waals surface area contributed by atoms with Crippen LogP contribution in [0.1, 0.15) is 47.0 Å². The van der Waals surface area contributed by atoms with E-state index in [1.54, 1.807) is 0 Å². The van der Waals surface area contributed by atoms with Crippen LogP contribution in [0.15, 0.2) is 0 Å². The summed E-state index contributed by atoms with van der Waals surface area (Å²) in [5, 5.41) is 17.5. The molecule has 1 unspecified atom stereocenters. The van der Waals surface area contributed by atoms with Crippen LogP contribution in [0.25, 0.3) is 0 Å². The molecule has 4 heteroatoms. The van der Waals surface area contributed by atoms with Crippen molar-refractivity contribution in [1.82, 2.24) is 15.5 Å². The minimum Gasteiger partial charge on any atom is -0.389 e. The molecule has 0 aliphatic carbocycles. The molecule has 3 N–H and O–H groups in total. The van der Waals surface area contributed by atoms with Gasteiger partial charge < -0.3 is 10.0 Å². The first-order valence-corrected chi connectivity index (χ1v) is 8.36. The highest BCUT2D eigenvalue weighted by Crippen LogP contribution is 2.09. The number of piperidine rings is 1. The molecule has 1 aliphatic rings. The first-order chi connectivity index (χ1) is 9.49. The first-order valence-electron chi connectivity index (χ1n) is 8.36. The highest BCUT2D eigenvalue weighted by atomic mass is 16.3. The lowest BCUT2D eigenvalue weighted by Crippen LogP contribution is -2.56. The molecule has 1 fully saturated rings. The van der Waals surface area contributed by atoms with Gasteiger partial charge in [-0.25, -0.2) is 0 Å². The van der Waals surface area contributed by atoms with Gasteiger partial charge in [0.1, 0.15) is 0 Å². The van der Waals surface area contributed by atoms with Gasteiger partial charge in [0, 0.05) is 6.54 Å². The normalized spacial score (nSPS) is 19.2. The molecule has 0 saturated carbocycles. The van der Waals surface area contributed by atoms with E-state index < -0.39 is 0 Å². The van der Waals surface area contributed by atoms with E-state index in [1.165, 1.54) is 19.3 Å². The third-order valence-electron chi connectivity index (χ3n) is 3.77. The Kier molecular flexibility index (Phi) is 8.69. The Hall–Kier alpha value is -0.160. The molecule has 0 radical (unpaired) electrons. The molecular formula is C16H35N3O. The summed E-state index contributed by atoms with van der Waals surface area (Å²) in [5.41, 5.74) is 0. The third kappa shape index (κ3) is 7.58. The van der Waals surface area contributed by atoms with Gasteiger partial charge in [-0.3, -0.25) is 10.6 Å². The minimum atomic E-state index is -0.342. The summed E-state index contributed by atoms with van der Waals surface area (Å²) in [7, 11) is 0. The molecule has 0 spiro atoms. The van der Waals surface area contributed by atoms with E-state index in [0.717, 1.165) is 32.7 Å². The summed E-state index contributed by atoms with van der Waals surface area (Å²) >= 11 is 0. The largest absolute Gasteiger partial charge is 0.389 e. The second-order valence-corrected chi connectivity index (χ2v) is 7.01. The van der Waals surface area contributed by atoms with Crippen molar-refractivity contribution in [2.24, 2.45) is 11.8 Å². The average Bonchev–Trinajstić information content (AvgIpc) is 2.39. The highest BCUT2D eigenvalue weighted by Gasteiger charge is 2.22. The van der Waals surface area contributed by atoms with Crippen LogP contribution in [-0.4, -0.2) is 55.0 Å². The molecule has 1 saturated heterocycles. The van der Waals surface area contributed by atoms with Gasteiger partial charge in [0.2, 0.25) is 0 Å². The zero-order chi connectivity index (χ0) is 15.0. The topological polar surface area (TPSA) is 47.5 Å². The lowest BCUT2D eigenvalue weighted by Gasteiger charge is -2.33. The van der Waals surface area contributed by atoms with Crippen LogP contribution in [0.5, 0.6) is 0 Å². The van der Waals surface area contributed by atoms with Crippen molar-refractivity contribution in [2.75, 3.05) is 32.7 Å². The van der Waals surface area contributed by atoms with E-state index in [2.05, 4.69) is 43.2 Å². The van der Waals surface area contributed by atoms with Gasteiger partial charge in [0.15, 0.2) is 0 Å². The number of hydrogen-bond acceptors (Lipinski definition) is 4. The summed E-state index contributed by atoms with van der Waals surface area (Å²) < 4.78 is 0. The van der Waals surface area contributed by atoms with Gasteiger partial charge in [-0.1, -0.05) is 34.1 Å². The number of rotatable bonds is 9. The number of aliphatic hydroxyl groups is 1. The van der Waals surface area contributed by atoms with Crippen LogP contribution in [0.4, 0.5) is 0 Å². The van der Waals surface area contributed by atoms with Crippen molar-refractivity contribution in [3.05, 3.63) is 0 Å². The van der Waals surface area contributed by atoms with Gasteiger partial charge in [-0.15, -0.1) is 0 Å². The monoisotopic (exact) mass is 285 g/mol. The first kappa shape index (κ1) is 17.9. The predicted molar refractivity (Wildman–Crippen MR) is 85.8 cm³/mol. The maximum absolute atomic E-state index is 10.5. The van der Waals surface area contributed by atoms with E-state index in [0.29, 0.717) is 11.8 Å². The van der Waals surface area contributed by atoms with Crippen molar-refractivity contribution < 1.29 is 5.11 Å². The van der Waals surface area contributed by atoms with Crippen molar-refractivity contribution in [1.29, 1.82) is 0 Å². The molecule has 0 aromatic rings. The van der Waals surface area contributed by atoms with Crippen molar-refractivity contribution >= 4 is 0 Å². The van der Waals surface area contributed by atoms with Crippen LogP contribution in [0.2, 0.25) is 0 Å².